The Bertz CT molecular complexity index is 2870. The lowest BCUT2D eigenvalue weighted by molar-refractivity contribution is 0.130. The number of hydrogen-bond donors (Lipinski definition) is 0. The highest BCUT2D eigenvalue weighted by molar-refractivity contribution is 6.89. The fourth-order valence-electron chi connectivity index (χ4n) is 22.4. The lowest BCUT2D eigenvalue weighted by Gasteiger charge is -2.44. The van der Waals surface area contributed by atoms with Crippen LogP contribution in [0.2, 0.25) is 0 Å². The summed E-state index contributed by atoms with van der Waals surface area (Å²) < 4.78 is 23.9. The number of allylic oxidation sites excluding steroid dienone is 4. The van der Waals surface area contributed by atoms with Gasteiger partial charge in [0, 0.05) is 62.6 Å². The Hall–Kier alpha value is -3.54. The van der Waals surface area contributed by atoms with Gasteiger partial charge in [0.1, 0.15) is 11.3 Å². The van der Waals surface area contributed by atoms with Crippen LogP contribution in [0.5, 0.6) is 0 Å². The van der Waals surface area contributed by atoms with E-state index in [1.165, 1.54) is 190 Å². The molecule has 20 aliphatic rings. The van der Waals surface area contributed by atoms with E-state index in [0.717, 1.165) is 47.3 Å². The van der Waals surface area contributed by atoms with E-state index in [4.69, 9.17) is 9.31 Å². The zero-order valence-electron chi connectivity index (χ0n) is 36.7. The Morgan fingerprint density at radius 3 is 1.16 bits per heavy atom. The summed E-state index contributed by atoms with van der Waals surface area (Å²) >= 11 is 0. The maximum Gasteiger partial charge on any atom is 0.433 e. The van der Waals surface area contributed by atoms with Crippen molar-refractivity contribution < 1.29 is 9.31 Å². The minimum atomic E-state index is -0.135. The summed E-state index contributed by atoms with van der Waals surface area (Å²) in [7, 11) is 0. The van der Waals surface area contributed by atoms with Crippen LogP contribution in [-0.4, -0.2) is 27.2 Å². The van der Waals surface area contributed by atoms with Gasteiger partial charge in [-0.15, -0.1) is 0 Å². The molecule has 0 N–H and O–H groups in total. The van der Waals surface area contributed by atoms with Crippen molar-refractivity contribution in [3.63, 3.8) is 0 Å². The minimum Gasteiger partial charge on any atom is -0.554 e. The molecular weight excluding hydrogens is 772 g/mol. The predicted molar refractivity (Wildman–Crippen MR) is 245 cm³/mol. The molecule has 4 aromatic rings. The number of nitrogens with zero attached hydrogens (tertiary/aromatic N) is 3. The van der Waals surface area contributed by atoms with Crippen LogP contribution in [0.4, 0.5) is 0 Å². The van der Waals surface area contributed by atoms with Crippen LogP contribution in [0, 0.1) is 71.0 Å². The molecule has 1 aromatic carbocycles. The quantitative estimate of drug-likeness (QED) is 0.168. The smallest absolute Gasteiger partial charge is 0.433 e. The Morgan fingerprint density at radius 1 is 0.413 bits per heavy atom. The molecule has 0 amide bonds. The van der Waals surface area contributed by atoms with Crippen molar-refractivity contribution >= 4 is 58.1 Å². The second-order valence-corrected chi connectivity index (χ2v) is 26.3. The first-order valence-corrected chi connectivity index (χ1v) is 27.0. The molecule has 8 saturated carbocycles. The normalized spacial score (nSPS) is 44.0. The van der Waals surface area contributed by atoms with Gasteiger partial charge in [0.05, 0.1) is 11.5 Å². The first-order valence-electron chi connectivity index (χ1n) is 27.0. The van der Waals surface area contributed by atoms with E-state index in [1.54, 1.807) is 33.4 Å². The molecule has 6 nitrogen and oxygen atoms in total. The Kier molecular flexibility index (Phi) is 5.43. The zero-order valence-corrected chi connectivity index (χ0v) is 36.7. The zero-order chi connectivity index (χ0) is 39.8. The van der Waals surface area contributed by atoms with Gasteiger partial charge in [0.15, 0.2) is 0 Å². The molecule has 4 aliphatic heterocycles. The number of benzene rings is 1. The second-order valence-electron chi connectivity index (χ2n) is 26.3. The molecule has 3 aromatic heterocycles. The molecule has 16 aliphatic carbocycles. The van der Waals surface area contributed by atoms with Gasteiger partial charge in [-0.1, -0.05) is 0 Å². The first-order chi connectivity index (χ1) is 31.0. The summed E-state index contributed by atoms with van der Waals surface area (Å²) in [5.74, 6) is 13.7. The van der Waals surface area contributed by atoms with Crippen LogP contribution in [0.3, 0.4) is 0 Å². The molecule has 8 heteroatoms. The topological polar surface area (TPSA) is 49.3 Å². The summed E-state index contributed by atoms with van der Waals surface area (Å²) in [6, 6.07) is 2.88. The maximum atomic E-state index is 16.6. The predicted octanol–water partition coefficient (Wildman–Crippen LogP) is 8.36. The van der Waals surface area contributed by atoms with Crippen molar-refractivity contribution in [3.8, 4) is 5.69 Å². The average molecular weight is 830 g/mol. The molecule has 0 spiro atoms. The summed E-state index contributed by atoms with van der Waals surface area (Å²) in [5.41, 5.74) is 22.6. The molecule has 8 atom stereocenters. The van der Waals surface area contributed by atoms with Gasteiger partial charge in [-0.2, -0.15) is 0 Å². The summed E-state index contributed by atoms with van der Waals surface area (Å²) in [4.78, 5) is 16.6. The number of hydrogen-bond acceptors (Lipinski definition) is 3. The third-order valence-electron chi connectivity index (χ3n) is 23.3. The van der Waals surface area contributed by atoms with E-state index in [0.29, 0.717) is 47.3 Å². The molecule has 16 bridgehead atoms. The van der Waals surface area contributed by atoms with Gasteiger partial charge in [0.25, 0.3) is 0 Å². The van der Waals surface area contributed by atoms with Crippen LogP contribution in [0.25, 0.3) is 28.1 Å². The standard InChI is InChI=1S/C55H57B2N3O3/c61-55-59-48-34-13-22-1-23(14-34)10-32(9-22)42(48)46-53(59)58-50-44-38(40-30-5-26-3-27(6-30)18-36(17-26)51(40)62-56(44)46)21-39-41-31-7-28-4-29(8-31)20-37(19-28)52(41)63-57(45(39)50)47-43-33-11-24-2-25(12-33)16-35(15-24)49(43)60(55)54(47)58/h21-37H,1-20H2. The molecule has 8 unspecified atom stereocenters. The summed E-state index contributed by atoms with van der Waals surface area (Å²) in [6.07, 6.45) is 26.7. The molecule has 316 valence electrons. The highest BCUT2D eigenvalue weighted by atomic mass is 16.4. The number of aromatic nitrogens is 3. The van der Waals surface area contributed by atoms with Crippen molar-refractivity contribution in [3.05, 3.63) is 61.7 Å². The molecule has 63 heavy (non-hydrogen) atoms. The molecule has 7 heterocycles. The van der Waals surface area contributed by atoms with Gasteiger partial charge in [0.2, 0.25) is 0 Å². The fraction of sp³-hybridized carbons (Fsp3) is 0.655. The van der Waals surface area contributed by atoms with Crippen molar-refractivity contribution in [2.75, 3.05) is 0 Å². The average Bonchev–Trinajstić information content (AvgIpc) is 3.53. The third kappa shape index (κ3) is 3.57. The van der Waals surface area contributed by atoms with Gasteiger partial charge in [-0.3, -0.25) is 13.4 Å². The maximum absolute atomic E-state index is 16.6. The van der Waals surface area contributed by atoms with E-state index < -0.39 is 0 Å². The Labute approximate surface area is 369 Å². The van der Waals surface area contributed by atoms with Gasteiger partial charge >= 0.3 is 19.5 Å². The van der Waals surface area contributed by atoms with E-state index in [2.05, 4.69) is 19.4 Å². The molecular formula is C55H57B2N3O3. The fourth-order valence-corrected chi connectivity index (χ4v) is 22.4. The number of rotatable bonds is 0. The van der Waals surface area contributed by atoms with Crippen molar-refractivity contribution in [2.24, 2.45) is 71.0 Å². The Balaban J connectivity index is 0.993. The molecule has 8 fully saturated rings. The SMILES string of the molecule is O=c1n2c3c(c4c2n2c5c(c6c(n15)C1CC5CC(CC6C5)C1)B1OC5=C(c6cc7c(c-2c61)B4OC1=C7C2CC4CC(CC1C4)C2)C1CC2CC(CC5C2)C1)C1CC2CC(C1)CC3C2. The monoisotopic (exact) mass is 829 g/mol. The lowest BCUT2D eigenvalue weighted by atomic mass is 9.43. The summed E-state index contributed by atoms with van der Waals surface area (Å²) in [5, 5.41) is 0. The van der Waals surface area contributed by atoms with Gasteiger partial charge in [-0.05, 0) is 239 Å². The summed E-state index contributed by atoms with van der Waals surface area (Å²) in [6.45, 7) is -0.271. The molecule has 24 rings (SSSR count). The van der Waals surface area contributed by atoms with E-state index >= 15 is 4.79 Å². The van der Waals surface area contributed by atoms with E-state index in [9.17, 15) is 0 Å². The van der Waals surface area contributed by atoms with Crippen molar-refractivity contribution in [1.82, 2.24) is 13.4 Å². The van der Waals surface area contributed by atoms with Gasteiger partial charge < -0.3 is 9.31 Å². The van der Waals surface area contributed by atoms with Crippen LogP contribution >= 0.6 is 0 Å². The minimum absolute atomic E-state index is 0.135. The third-order valence-corrected chi connectivity index (χ3v) is 23.3. The largest absolute Gasteiger partial charge is 0.554 e. The van der Waals surface area contributed by atoms with Crippen LogP contribution in [0.15, 0.2) is 22.4 Å². The van der Waals surface area contributed by atoms with Crippen LogP contribution < -0.4 is 27.5 Å². The van der Waals surface area contributed by atoms with Crippen LogP contribution in [-0.2, 0) is 9.31 Å². The first kappa shape index (κ1) is 33.0. The van der Waals surface area contributed by atoms with Gasteiger partial charge in [-0.25, -0.2) is 4.79 Å². The molecule has 0 radical (unpaired) electrons. The van der Waals surface area contributed by atoms with E-state index in [1.807, 2.05) is 0 Å². The molecule has 0 saturated heterocycles. The highest BCUT2D eigenvalue weighted by Crippen LogP contribution is 2.63. The highest BCUT2D eigenvalue weighted by Gasteiger charge is 2.61. The van der Waals surface area contributed by atoms with E-state index in [-0.39, 0.29) is 19.5 Å². The van der Waals surface area contributed by atoms with Crippen molar-refractivity contribution in [2.45, 2.75) is 152 Å². The second kappa shape index (κ2) is 10.4. The Morgan fingerprint density at radius 2 is 0.762 bits per heavy atom. The van der Waals surface area contributed by atoms with Crippen molar-refractivity contribution in [1.29, 1.82) is 0 Å². The number of fused-ring (bicyclic) bond motifs is 2. The van der Waals surface area contributed by atoms with Crippen LogP contribution in [0.1, 0.15) is 186 Å². The lowest BCUT2D eigenvalue weighted by Crippen LogP contribution is -2.63.